The monoisotopic (exact) mass is 467 g/mol. The number of piperidine rings is 1. The van der Waals surface area contributed by atoms with Crippen LogP contribution in [0.15, 0.2) is 61.7 Å². The number of rotatable bonds is 5. The first-order valence-corrected chi connectivity index (χ1v) is 10.6. The van der Waals surface area contributed by atoms with E-state index in [4.69, 9.17) is 0 Å². The van der Waals surface area contributed by atoms with Gasteiger partial charge in [0.2, 0.25) is 0 Å². The van der Waals surface area contributed by atoms with Crippen LogP contribution in [0, 0.1) is 22.6 Å². The molecule has 1 aliphatic rings. The summed E-state index contributed by atoms with van der Waals surface area (Å²) in [5, 5.41) is 9.91. The van der Waals surface area contributed by atoms with Crippen molar-refractivity contribution >= 4 is 5.70 Å². The van der Waals surface area contributed by atoms with E-state index < -0.39 is 23.0 Å². The molecule has 0 N–H and O–H groups in total. The van der Waals surface area contributed by atoms with E-state index >= 15 is 0 Å². The number of likely N-dealkylation sites (tertiary alicyclic amines) is 1. The maximum Gasteiger partial charge on any atom is 0.419 e. The SMILES string of the molecule is C=C(c1cccnc1-c1ccncn1)N1CCC(C#N)(Cc2ccc(F)c(C(F)(F)F)c2)CC1. The van der Waals surface area contributed by atoms with E-state index in [1.54, 1.807) is 18.5 Å². The Bertz CT molecular complexity index is 1230. The molecule has 0 saturated carbocycles. The summed E-state index contributed by atoms with van der Waals surface area (Å²) >= 11 is 0. The van der Waals surface area contributed by atoms with Crippen molar-refractivity contribution in [1.29, 1.82) is 5.26 Å². The third-order valence-electron chi connectivity index (χ3n) is 6.16. The lowest BCUT2D eigenvalue weighted by molar-refractivity contribution is -0.140. The molecule has 174 valence electrons. The number of hydrogen-bond donors (Lipinski definition) is 0. The van der Waals surface area contributed by atoms with Gasteiger partial charge in [0, 0.05) is 36.7 Å². The number of halogens is 4. The van der Waals surface area contributed by atoms with Gasteiger partial charge in [0.25, 0.3) is 0 Å². The van der Waals surface area contributed by atoms with Crippen molar-refractivity contribution < 1.29 is 17.6 Å². The first-order chi connectivity index (χ1) is 16.2. The van der Waals surface area contributed by atoms with Crippen LogP contribution >= 0.6 is 0 Å². The van der Waals surface area contributed by atoms with Crippen LogP contribution in [0.4, 0.5) is 17.6 Å². The van der Waals surface area contributed by atoms with Crippen molar-refractivity contribution in [2.45, 2.75) is 25.4 Å². The predicted octanol–water partition coefficient (Wildman–Crippen LogP) is 5.52. The standard InChI is InChI=1S/C25H21F4N5/c1-17(19-3-2-9-32-23(19)22-6-10-31-16-33-22)34-11-7-24(15-30,8-12-34)14-18-4-5-21(26)20(13-18)25(27,28)29/h2-6,9-10,13,16H,1,7-8,11-12,14H2. The van der Waals surface area contributed by atoms with Gasteiger partial charge in [-0.25, -0.2) is 14.4 Å². The highest BCUT2D eigenvalue weighted by atomic mass is 19.4. The van der Waals surface area contributed by atoms with E-state index in [0.717, 1.165) is 23.4 Å². The van der Waals surface area contributed by atoms with Gasteiger partial charge in [-0.1, -0.05) is 12.6 Å². The second kappa shape index (κ2) is 9.21. The summed E-state index contributed by atoms with van der Waals surface area (Å²) in [6, 6.07) is 10.7. The number of pyridine rings is 1. The Morgan fingerprint density at radius 1 is 1.12 bits per heavy atom. The molecule has 0 spiro atoms. The maximum atomic E-state index is 13.7. The van der Waals surface area contributed by atoms with Gasteiger partial charge in [0.1, 0.15) is 12.1 Å². The van der Waals surface area contributed by atoms with Crippen LogP contribution in [0.5, 0.6) is 0 Å². The molecule has 3 heterocycles. The maximum absolute atomic E-state index is 13.7. The van der Waals surface area contributed by atoms with Crippen molar-refractivity contribution in [1.82, 2.24) is 19.9 Å². The summed E-state index contributed by atoms with van der Waals surface area (Å²) < 4.78 is 53.0. The van der Waals surface area contributed by atoms with Gasteiger partial charge < -0.3 is 4.90 Å². The molecule has 0 unspecified atom stereocenters. The summed E-state index contributed by atoms with van der Waals surface area (Å²) in [6.45, 7) is 5.23. The highest BCUT2D eigenvalue weighted by molar-refractivity contribution is 5.75. The van der Waals surface area contributed by atoms with E-state index in [1.165, 1.54) is 12.4 Å². The Morgan fingerprint density at radius 2 is 1.88 bits per heavy atom. The molecule has 2 aromatic heterocycles. The fourth-order valence-electron chi connectivity index (χ4n) is 4.27. The smallest absolute Gasteiger partial charge is 0.371 e. The lowest BCUT2D eigenvalue weighted by Crippen LogP contribution is -2.39. The molecular weight excluding hydrogens is 446 g/mol. The molecule has 3 aromatic rings. The molecule has 0 amide bonds. The molecule has 34 heavy (non-hydrogen) atoms. The minimum atomic E-state index is -4.79. The van der Waals surface area contributed by atoms with Crippen LogP contribution in [0.2, 0.25) is 0 Å². The minimum absolute atomic E-state index is 0.117. The molecule has 1 aliphatic heterocycles. The van der Waals surface area contributed by atoms with E-state index in [0.29, 0.717) is 42.9 Å². The predicted molar refractivity (Wildman–Crippen MR) is 118 cm³/mol. The lowest BCUT2D eigenvalue weighted by atomic mass is 9.74. The topological polar surface area (TPSA) is 65.7 Å². The highest BCUT2D eigenvalue weighted by Gasteiger charge is 2.38. The zero-order valence-electron chi connectivity index (χ0n) is 18.2. The second-order valence-electron chi connectivity index (χ2n) is 8.31. The van der Waals surface area contributed by atoms with Gasteiger partial charge in [-0.15, -0.1) is 0 Å². The molecule has 0 atom stereocenters. The van der Waals surface area contributed by atoms with E-state index in [2.05, 4.69) is 27.6 Å². The zero-order valence-corrected chi connectivity index (χ0v) is 18.2. The highest BCUT2D eigenvalue weighted by Crippen LogP contribution is 2.39. The molecule has 0 bridgehead atoms. The van der Waals surface area contributed by atoms with Crippen LogP contribution in [0.1, 0.15) is 29.5 Å². The Kier molecular flexibility index (Phi) is 6.33. The number of aromatic nitrogens is 3. The van der Waals surface area contributed by atoms with Gasteiger partial charge in [-0.3, -0.25) is 4.98 Å². The van der Waals surface area contributed by atoms with Gasteiger partial charge in [-0.2, -0.15) is 18.4 Å². The van der Waals surface area contributed by atoms with Crippen molar-refractivity contribution in [2.75, 3.05) is 13.1 Å². The second-order valence-corrected chi connectivity index (χ2v) is 8.31. The Hall–Kier alpha value is -3.80. The summed E-state index contributed by atoms with van der Waals surface area (Å²) in [4.78, 5) is 14.7. The van der Waals surface area contributed by atoms with Crippen LogP contribution < -0.4 is 0 Å². The lowest BCUT2D eigenvalue weighted by Gasteiger charge is -2.39. The Labute approximate surface area is 194 Å². The molecule has 1 saturated heterocycles. The fraction of sp³-hybridized carbons (Fsp3) is 0.280. The van der Waals surface area contributed by atoms with Gasteiger partial charge >= 0.3 is 6.18 Å². The number of alkyl halides is 3. The zero-order chi connectivity index (χ0) is 24.3. The molecule has 1 fully saturated rings. The summed E-state index contributed by atoms with van der Waals surface area (Å²) in [7, 11) is 0. The molecule has 5 nitrogen and oxygen atoms in total. The van der Waals surface area contributed by atoms with Crippen molar-refractivity contribution in [3.63, 3.8) is 0 Å². The van der Waals surface area contributed by atoms with Crippen LogP contribution in [-0.2, 0) is 12.6 Å². The van der Waals surface area contributed by atoms with Crippen molar-refractivity contribution in [2.24, 2.45) is 5.41 Å². The van der Waals surface area contributed by atoms with Crippen LogP contribution in [0.25, 0.3) is 17.1 Å². The van der Waals surface area contributed by atoms with Gasteiger partial charge in [0.05, 0.1) is 28.4 Å². The van der Waals surface area contributed by atoms with E-state index in [9.17, 15) is 22.8 Å². The molecule has 9 heteroatoms. The average Bonchev–Trinajstić information content (AvgIpc) is 2.85. The van der Waals surface area contributed by atoms with E-state index in [1.807, 2.05) is 17.0 Å². The summed E-state index contributed by atoms with van der Waals surface area (Å²) in [5.41, 5.74) is 0.999. The van der Waals surface area contributed by atoms with Crippen LogP contribution in [0.3, 0.4) is 0 Å². The minimum Gasteiger partial charge on any atom is -0.371 e. The molecule has 0 aliphatic carbocycles. The third-order valence-corrected chi connectivity index (χ3v) is 6.16. The molecular formula is C25H21F4N5. The molecule has 1 aromatic carbocycles. The van der Waals surface area contributed by atoms with Crippen molar-refractivity contribution in [3.8, 4) is 17.5 Å². The number of nitrogens with zero attached hydrogens (tertiary/aromatic N) is 5. The first kappa shape index (κ1) is 23.4. The number of hydrogen-bond acceptors (Lipinski definition) is 5. The summed E-state index contributed by atoms with van der Waals surface area (Å²) in [6.07, 6.45) is 0.944. The molecule has 0 radical (unpaired) electrons. The van der Waals surface area contributed by atoms with Gasteiger partial charge in [0.15, 0.2) is 0 Å². The average molecular weight is 467 g/mol. The Morgan fingerprint density at radius 3 is 2.53 bits per heavy atom. The largest absolute Gasteiger partial charge is 0.419 e. The quantitative estimate of drug-likeness (QED) is 0.463. The molecule has 4 rings (SSSR count). The van der Waals surface area contributed by atoms with Crippen molar-refractivity contribution in [3.05, 3.63) is 84.2 Å². The first-order valence-electron chi connectivity index (χ1n) is 10.6. The Balaban J connectivity index is 1.51. The normalized spacial score (nSPS) is 15.6. The van der Waals surface area contributed by atoms with Crippen LogP contribution in [-0.4, -0.2) is 32.9 Å². The number of nitriles is 1. The van der Waals surface area contributed by atoms with Gasteiger partial charge in [-0.05, 0) is 55.2 Å². The van der Waals surface area contributed by atoms with E-state index in [-0.39, 0.29) is 6.42 Å². The third kappa shape index (κ3) is 4.76. The fourth-order valence-corrected chi connectivity index (χ4v) is 4.27. The number of benzene rings is 1. The summed E-state index contributed by atoms with van der Waals surface area (Å²) in [5.74, 6) is -1.32.